The van der Waals surface area contributed by atoms with Gasteiger partial charge in [-0.05, 0) is 29.8 Å². The Bertz CT molecular complexity index is 1150. The molecule has 3 amide bonds. The first-order chi connectivity index (χ1) is 16.2. The van der Waals surface area contributed by atoms with Crippen molar-refractivity contribution >= 4 is 30.4 Å². The van der Waals surface area contributed by atoms with Crippen LogP contribution in [0, 0.1) is 0 Å². The molecule has 0 spiro atoms. The summed E-state index contributed by atoms with van der Waals surface area (Å²) >= 11 is 0. The van der Waals surface area contributed by atoms with Gasteiger partial charge in [0, 0.05) is 18.6 Å². The van der Waals surface area contributed by atoms with Crippen molar-refractivity contribution in [2.24, 2.45) is 0 Å². The van der Waals surface area contributed by atoms with E-state index >= 15 is 0 Å². The van der Waals surface area contributed by atoms with Crippen LogP contribution in [0.25, 0.3) is 11.1 Å². The molecule has 2 aliphatic rings. The van der Waals surface area contributed by atoms with Crippen LogP contribution in [0.1, 0.15) is 13.8 Å². The Hall–Kier alpha value is -3.64. The fourth-order valence-electron chi connectivity index (χ4n) is 3.70. The van der Waals surface area contributed by atoms with Crippen molar-refractivity contribution in [3.05, 3.63) is 73.8 Å². The van der Waals surface area contributed by atoms with E-state index in [0.29, 0.717) is 6.16 Å². The van der Waals surface area contributed by atoms with E-state index in [-0.39, 0.29) is 37.7 Å². The van der Waals surface area contributed by atoms with Crippen molar-refractivity contribution in [2.45, 2.75) is 13.8 Å². The van der Waals surface area contributed by atoms with Crippen LogP contribution in [0.3, 0.4) is 0 Å². The van der Waals surface area contributed by atoms with Crippen molar-refractivity contribution in [3.63, 3.8) is 0 Å². The van der Waals surface area contributed by atoms with E-state index in [0.717, 1.165) is 34.3 Å². The third-order valence-electron chi connectivity index (χ3n) is 5.55. The number of nitrogens with zero attached hydrogens (tertiary/aromatic N) is 3. The quantitative estimate of drug-likeness (QED) is 0.495. The molecule has 2 aromatic carbocycles. The first-order valence-corrected chi connectivity index (χ1v) is 12.6. The molecular weight excluding hydrogens is 453 g/mol. The monoisotopic (exact) mass is 481 g/mol. The van der Waals surface area contributed by atoms with Crippen molar-refractivity contribution in [3.8, 4) is 16.9 Å². The first-order valence-electron chi connectivity index (χ1n) is 10.8. The second-order valence-electron chi connectivity index (χ2n) is 7.74. The summed E-state index contributed by atoms with van der Waals surface area (Å²) in [5.41, 5.74) is 2.07. The molecule has 9 heteroatoms. The maximum absolute atomic E-state index is 12.8. The minimum Gasteiger partial charge on any atom is -0.439 e. The highest BCUT2D eigenvalue weighted by atomic mass is 31.2. The SMILES string of the molecule is C=CC(=O)N1CN(C(C)=O)CN(C(=O)C=C)C1.CCP1(=O)Oc2ccccc2-c2ccccc21. The molecule has 2 aromatic rings. The van der Waals surface area contributed by atoms with Gasteiger partial charge in [0.1, 0.15) is 5.75 Å². The molecule has 1 atom stereocenters. The van der Waals surface area contributed by atoms with Crippen LogP contribution in [0.15, 0.2) is 73.8 Å². The lowest BCUT2D eigenvalue weighted by atomic mass is 10.0. The van der Waals surface area contributed by atoms with E-state index in [1.165, 1.54) is 21.6 Å². The zero-order chi connectivity index (χ0) is 24.9. The Labute approximate surface area is 199 Å². The number of benzene rings is 2. The van der Waals surface area contributed by atoms with Gasteiger partial charge in [-0.3, -0.25) is 18.9 Å². The normalized spacial score (nSPS) is 18.4. The predicted octanol–water partition coefficient (Wildman–Crippen LogP) is 3.42. The molecule has 1 unspecified atom stereocenters. The lowest BCUT2D eigenvalue weighted by Gasteiger charge is -2.41. The van der Waals surface area contributed by atoms with Crippen molar-refractivity contribution in [1.29, 1.82) is 0 Å². The van der Waals surface area contributed by atoms with E-state index in [9.17, 15) is 18.9 Å². The highest BCUT2D eigenvalue weighted by Crippen LogP contribution is 2.53. The van der Waals surface area contributed by atoms with Gasteiger partial charge in [-0.2, -0.15) is 0 Å². The number of rotatable bonds is 3. The summed E-state index contributed by atoms with van der Waals surface area (Å²) in [6, 6.07) is 15.6. The molecule has 1 saturated heterocycles. The zero-order valence-electron chi connectivity index (χ0n) is 19.3. The van der Waals surface area contributed by atoms with Crippen LogP contribution in [0.5, 0.6) is 5.75 Å². The third kappa shape index (κ3) is 5.13. The van der Waals surface area contributed by atoms with E-state index in [4.69, 9.17) is 4.52 Å². The number of amides is 3. The minimum atomic E-state index is -2.72. The highest BCUT2D eigenvalue weighted by molar-refractivity contribution is 7.67. The van der Waals surface area contributed by atoms with Crippen LogP contribution >= 0.6 is 7.37 Å². The summed E-state index contributed by atoms with van der Waals surface area (Å²) in [5.74, 6) is -0.111. The Kier molecular flexibility index (Phi) is 7.74. The van der Waals surface area contributed by atoms with Gasteiger partial charge in [0.15, 0.2) is 0 Å². The minimum absolute atomic E-state index is 0.138. The topological polar surface area (TPSA) is 87.2 Å². The number of hydrogen-bond donors (Lipinski definition) is 0. The van der Waals surface area contributed by atoms with E-state index in [2.05, 4.69) is 13.2 Å². The van der Waals surface area contributed by atoms with E-state index in [1.54, 1.807) is 0 Å². The van der Waals surface area contributed by atoms with Gasteiger partial charge < -0.3 is 19.2 Å². The van der Waals surface area contributed by atoms with Gasteiger partial charge in [-0.25, -0.2) is 0 Å². The molecule has 1 fully saturated rings. The molecule has 2 aliphatic heterocycles. The second-order valence-corrected chi connectivity index (χ2v) is 10.4. The molecule has 2 heterocycles. The van der Waals surface area contributed by atoms with Crippen LogP contribution in [0.2, 0.25) is 0 Å². The van der Waals surface area contributed by atoms with Gasteiger partial charge in [0.25, 0.3) is 7.37 Å². The number of carbonyl (C=O) groups excluding carboxylic acids is 3. The highest BCUT2D eigenvalue weighted by Gasteiger charge is 2.33. The molecule has 178 valence electrons. The lowest BCUT2D eigenvalue weighted by Crippen LogP contribution is -2.58. The molecule has 8 nitrogen and oxygen atoms in total. The van der Waals surface area contributed by atoms with E-state index < -0.39 is 7.37 Å². The van der Waals surface area contributed by atoms with Gasteiger partial charge in [-0.15, -0.1) is 0 Å². The fraction of sp³-hybridized carbons (Fsp3) is 0.240. The average molecular weight is 481 g/mol. The van der Waals surface area contributed by atoms with Crippen LogP contribution in [-0.4, -0.2) is 58.6 Å². The average Bonchev–Trinajstić information content (AvgIpc) is 2.88. The molecule has 34 heavy (non-hydrogen) atoms. The summed E-state index contributed by atoms with van der Waals surface area (Å²) in [4.78, 5) is 38.4. The van der Waals surface area contributed by atoms with Gasteiger partial charge in [0.05, 0.1) is 25.3 Å². The number of fused-ring (bicyclic) bond motifs is 3. The third-order valence-corrected chi connectivity index (χ3v) is 8.00. The molecule has 0 bridgehead atoms. The Balaban J connectivity index is 0.000000191. The molecule has 4 rings (SSSR count). The molecule has 0 N–H and O–H groups in total. The van der Waals surface area contributed by atoms with Crippen molar-refractivity contribution in [2.75, 3.05) is 26.2 Å². The fourth-order valence-corrected chi connectivity index (χ4v) is 5.62. The number of carbonyl (C=O) groups is 3. The van der Waals surface area contributed by atoms with Gasteiger partial charge in [-0.1, -0.05) is 56.5 Å². The van der Waals surface area contributed by atoms with Crippen molar-refractivity contribution in [1.82, 2.24) is 14.7 Å². The van der Waals surface area contributed by atoms with E-state index in [1.807, 2.05) is 55.5 Å². The Morgan fingerprint density at radius 1 is 0.882 bits per heavy atom. The summed E-state index contributed by atoms with van der Waals surface area (Å²) in [5, 5.41) is 0.848. The van der Waals surface area contributed by atoms with Crippen molar-refractivity contribution < 1.29 is 23.5 Å². The molecule has 0 radical (unpaired) electrons. The smallest absolute Gasteiger partial charge is 0.277 e. The summed E-state index contributed by atoms with van der Waals surface area (Å²) in [6.45, 7) is 10.5. The Morgan fingerprint density at radius 3 is 1.91 bits per heavy atom. The zero-order valence-corrected chi connectivity index (χ0v) is 20.2. The van der Waals surface area contributed by atoms with Crippen LogP contribution < -0.4 is 9.83 Å². The van der Waals surface area contributed by atoms with Crippen LogP contribution in [-0.2, 0) is 18.9 Å². The maximum atomic E-state index is 12.8. The standard InChI is InChI=1S/C14H13O2P.C11H15N3O3/c1-2-17(15)14-10-6-4-8-12(14)11-7-3-5-9-13(11)16-17;1-4-10(16)13-6-12(9(3)15)7-14(8-13)11(17)5-2/h3-10H,2H2,1H3;4-5H,1-2,6-8H2,3H3. The maximum Gasteiger partial charge on any atom is 0.277 e. The van der Waals surface area contributed by atoms with Gasteiger partial charge >= 0.3 is 0 Å². The number of hydrogen-bond acceptors (Lipinski definition) is 5. The van der Waals surface area contributed by atoms with Gasteiger partial charge in [0.2, 0.25) is 17.7 Å². The molecule has 0 aromatic heterocycles. The Morgan fingerprint density at radius 2 is 1.38 bits per heavy atom. The summed E-state index contributed by atoms with van der Waals surface area (Å²) in [7, 11) is -2.72. The first kappa shape index (κ1) is 25.0. The second kappa shape index (κ2) is 10.5. The molecule has 0 aliphatic carbocycles. The number of para-hydroxylation sites is 1. The molecular formula is C25H28N3O5P. The summed E-state index contributed by atoms with van der Waals surface area (Å²) < 4.78 is 18.5. The molecule has 0 saturated carbocycles. The largest absolute Gasteiger partial charge is 0.439 e. The van der Waals surface area contributed by atoms with Crippen LogP contribution in [0.4, 0.5) is 0 Å². The predicted molar refractivity (Wildman–Crippen MR) is 131 cm³/mol. The lowest BCUT2D eigenvalue weighted by molar-refractivity contribution is -0.153. The summed E-state index contributed by atoms with van der Waals surface area (Å²) in [6.07, 6.45) is 2.83.